The van der Waals surface area contributed by atoms with E-state index in [-0.39, 0.29) is 12.4 Å². The van der Waals surface area contributed by atoms with Crippen LogP contribution in [0.15, 0.2) is 36.4 Å². The summed E-state index contributed by atoms with van der Waals surface area (Å²) in [6.45, 7) is 2.64. The minimum Gasteiger partial charge on any atom is -0.488 e. The topological polar surface area (TPSA) is 38.8 Å². The first-order valence-corrected chi connectivity index (χ1v) is 8.79. The molecule has 2 heterocycles. The van der Waals surface area contributed by atoms with Gasteiger partial charge in [-0.1, -0.05) is 38.0 Å². The fraction of sp³-hybridized carbons (Fsp3) is 0.350. The quantitative estimate of drug-likeness (QED) is 0.740. The number of para-hydroxylation sites is 1. The van der Waals surface area contributed by atoms with Gasteiger partial charge in [-0.25, -0.2) is 13.6 Å². The summed E-state index contributed by atoms with van der Waals surface area (Å²) in [4.78, 5) is 14.4. The molecule has 1 spiro atoms. The lowest BCUT2D eigenvalue weighted by Gasteiger charge is -2.39. The predicted octanol–water partition coefficient (Wildman–Crippen LogP) is 4.75. The number of ether oxygens (including phenoxy) is 2. The van der Waals surface area contributed by atoms with Gasteiger partial charge in [-0.3, -0.25) is 4.90 Å². The summed E-state index contributed by atoms with van der Waals surface area (Å²) < 4.78 is 38.8. The first-order chi connectivity index (χ1) is 12.6. The number of rotatable bonds is 4. The van der Waals surface area contributed by atoms with Crippen molar-refractivity contribution in [1.29, 1.82) is 0 Å². The van der Waals surface area contributed by atoms with Crippen LogP contribution in [-0.4, -0.2) is 19.2 Å². The Morgan fingerprint density at radius 3 is 2.69 bits per heavy atom. The fourth-order valence-electron chi connectivity index (χ4n) is 3.67. The van der Waals surface area contributed by atoms with Gasteiger partial charge < -0.3 is 9.47 Å². The van der Waals surface area contributed by atoms with Gasteiger partial charge in [0, 0.05) is 23.7 Å². The van der Waals surface area contributed by atoms with Gasteiger partial charge in [-0.15, -0.1) is 0 Å². The van der Waals surface area contributed by atoms with E-state index in [1.54, 1.807) is 4.90 Å². The number of nitrogens with zero attached hydrogens (tertiary/aromatic N) is 1. The number of benzene rings is 2. The van der Waals surface area contributed by atoms with Gasteiger partial charge in [0.2, 0.25) is 5.60 Å². The van der Waals surface area contributed by atoms with Crippen molar-refractivity contribution >= 4 is 11.8 Å². The van der Waals surface area contributed by atoms with Gasteiger partial charge in [-0.05, 0) is 18.6 Å². The average molecular weight is 359 g/mol. The van der Waals surface area contributed by atoms with Gasteiger partial charge in [0.25, 0.3) is 0 Å². The fourth-order valence-corrected chi connectivity index (χ4v) is 3.67. The third-order valence-electron chi connectivity index (χ3n) is 4.99. The molecule has 1 amide bonds. The molecular weight excluding hydrogens is 340 g/mol. The standard InChI is InChI=1S/C20H19F2NO3/c1-2-3-6-9-23-17-8-5-4-7-13(17)20(26-19(23)24)12-25-18-11-16(22)15(21)10-14(18)20/h4-5,7-8,10-11H,2-3,6,9,12H2,1H3. The van der Waals surface area contributed by atoms with Crippen molar-refractivity contribution in [3.63, 3.8) is 0 Å². The third kappa shape index (κ3) is 2.43. The smallest absolute Gasteiger partial charge is 0.415 e. The highest BCUT2D eigenvalue weighted by Gasteiger charge is 2.52. The first kappa shape index (κ1) is 16.8. The summed E-state index contributed by atoms with van der Waals surface area (Å²) in [5.74, 6) is -1.78. The normalized spacial score (nSPS) is 20.6. The van der Waals surface area contributed by atoms with Crippen LogP contribution in [-0.2, 0) is 10.3 Å². The van der Waals surface area contributed by atoms with Crippen LogP contribution in [0.3, 0.4) is 0 Å². The highest BCUT2D eigenvalue weighted by Crippen LogP contribution is 2.50. The van der Waals surface area contributed by atoms with Crippen molar-refractivity contribution in [3.8, 4) is 5.75 Å². The lowest BCUT2D eigenvalue weighted by Crippen LogP contribution is -2.48. The number of hydrogen-bond acceptors (Lipinski definition) is 3. The first-order valence-electron chi connectivity index (χ1n) is 8.79. The van der Waals surface area contributed by atoms with Gasteiger partial charge in [-0.2, -0.15) is 0 Å². The molecule has 2 aromatic carbocycles. The van der Waals surface area contributed by atoms with Gasteiger partial charge in [0.15, 0.2) is 11.6 Å². The zero-order valence-electron chi connectivity index (χ0n) is 14.4. The lowest BCUT2D eigenvalue weighted by molar-refractivity contribution is 0.0221. The van der Waals surface area contributed by atoms with Gasteiger partial charge in [0.05, 0.1) is 5.69 Å². The minimum absolute atomic E-state index is 0.00319. The predicted molar refractivity (Wildman–Crippen MR) is 92.4 cm³/mol. The van der Waals surface area contributed by atoms with Crippen LogP contribution in [0.1, 0.15) is 37.3 Å². The molecule has 0 aliphatic carbocycles. The Morgan fingerprint density at radius 1 is 1.12 bits per heavy atom. The van der Waals surface area contributed by atoms with E-state index >= 15 is 0 Å². The maximum Gasteiger partial charge on any atom is 0.415 e. The SMILES string of the molecule is CCCCCN1C(=O)OC2(COc3cc(F)c(F)cc32)c2ccccc21. The van der Waals surface area contributed by atoms with Crippen LogP contribution in [0.2, 0.25) is 0 Å². The Kier molecular flexibility index (Phi) is 4.05. The number of halogens is 2. The zero-order valence-corrected chi connectivity index (χ0v) is 14.4. The van der Waals surface area contributed by atoms with Crippen molar-refractivity contribution in [3.05, 3.63) is 59.2 Å². The molecule has 6 heteroatoms. The number of amides is 1. The number of carbonyl (C=O) groups is 1. The summed E-state index contributed by atoms with van der Waals surface area (Å²) in [6.07, 6.45) is 2.41. The molecule has 0 fully saturated rings. The van der Waals surface area contributed by atoms with Crippen LogP contribution in [0.25, 0.3) is 0 Å². The molecule has 136 valence electrons. The number of fused-ring (bicyclic) bond motifs is 4. The lowest BCUT2D eigenvalue weighted by atomic mass is 9.85. The summed E-state index contributed by atoms with van der Waals surface area (Å²) >= 11 is 0. The number of carbonyl (C=O) groups excluding carboxylic acids is 1. The van der Waals surface area contributed by atoms with Crippen LogP contribution >= 0.6 is 0 Å². The van der Waals surface area contributed by atoms with Gasteiger partial charge >= 0.3 is 6.09 Å². The van der Waals surface area contributed by atoms with E-state index in [0.29, 0.717) is 12.1 Å². The van der Waals surface area contributed by atoms with Crippen LogP contribution in [0.4, 0.5) is 19.3 Å². The summed E-state index contributed by atoms with van der Waals surface area (Å²) in [7, 11) is 0. The molecule has 4 nitrogen and oxygen atoms in total. The second-order valence-electron chi connectivity index (χ2n) is 6.62. The molecule has 0 aromatic heterocycles. The maximum absolute atomic E-state index is 13.9. The largest absolute Gasteiger partial charge is 0.488 e. The summed E-state index contributed by atoms with van der Waals surface area (Å²) in [5, 5.41) is 0. The second-order valence-corrected chi connectivity index (χ2v) is 6.62. The molecule has 26 heavy (non-hydrogen) atoms. The highest BCUT2D eigenvalue weighted by atomic mass is 19.2. The number of hydrogen-bond donors (Lipinski definition) is 0. The van der Waals surface area contributed by atoms with Crippen molar-refractivity contribution in [2.45, 2.75) is 31.8 Å². The summed E-state index contributed by atoms with van der Waals surface area (Å²) in [5.41, 5.74) is 0.533. The molecule has 2 aromatic rings. The Hall–Kier alpha value is -2.63. The molecule has 2 aliphatic heterocycles. The van der Waals surface area contributed by atoms with E-state index < -0.39 is 23.3 Å². The third-order valence-corrected chi connectivity index (χ3v) is 4.99. The Balaban J connectivity index is 1.82. The van der Waals surface area contributed by atoms with Crippen LogP contribution < -0.4 is 9.64 Å². The number of anilines is 1. The molecule has 1 unspecified atom stereocenters. The van der Waals surface area contributed by atoms with E-state index in [2.05, 4.69) is 6.92 Å². The zero-order chi connectivity index (χ0) is 18.3. The molecule has 0 saturated carbocycles. The molecular formula is C20H19F2NO3. The van der Waals surface area contributed by atoms with Crippen molar-refractivity contribution < 1.29 is 23.0 Å². The van der Waals surface area contributed by atoms with E-state index in [9.17, 15) is 13.6 Å². The van der Waals surface area contributed by atoms with Crippen molar-refractivity contribution in [2.24, 2.45) is 0 Å². The van der Waals surface area contributed by atoms with Crippen LogP contribution in [0, 0.1) is 11.6 Å². The van der Waals surface area contributed by atoms with Gasteiger partial charge in [0.1, 0.15) is 12.4 Å². The Morgan fingerprint density at radius 2 is 1.88 bits per heavy atom. The van der Waals surface area contributed by atoms with E-state index in [1.807, 2.05) is 24.3 Å². The van der Waals surface area contributed by atoms with Crippen molar-refractivity contribution in [2.75, 3.05) is 18.1 Å². The van der Waals surface area contributed by atoms with Crippen LogP contribution in [0.5, 0.6) is 5.75 Å². The highest BCUT2D eigenvalue weighted by molar-refractivity contribution is 5.92. The van der Waals surface area contributed by atoms with E-state index in [0.717, 1.165) is 42.6 Å². The van der Waals surface area contributed by atoms with E-state index in [1.165, 1.54) is 0 Å². The molecule has 0 radical (unpaired) electrons. The maximum atomic E-state index is 13.9. The molecule has 2 aliphatic rings. The molecule has 0 N–H and O–H groups in total. The molecule has 0 bridgehead atoms. The molecule has 0 saturated heterocycles. The minimum atomic E-state index is -1.25. The Labute approximate surface area is 150 Å². The van der Waals surface area contributed by atoms with E-state index in [4.69, 9.17) is 9.47 Å². The molecule has 4 rings (SSSR count). The Bertz CT molecular complexity index is 870. The molecule has 1 atom stereocenters. The van der Waals surface area contributed by atoms with Crippen molar-refractivity contribution in [1.82, 2.24) is 0 Å². The average Bonchev–Trinajstić information content (AvgIpc) is 2.97. The number of unbranched alkanes of at least 4 members (excludes halogenated alkanes) is 2. The second kappa shape index (κ2) is 6.27. The summed E-state index contributed by atoms with van der Waals surface area (Å²) in [6, 6.07) is 9.44. The monoisotopic (exact) mass is 359 g/mol.